The number of benzene rings is 1. The van der Waals surface area contributed by atoms with Crippen LogP contribution >= 0.6 is 0 Å². The molecule has 0 bridgehead atoms. The second-order valence-electron chi connectivity index (χ2n) is 5.90. The van der Waals surface area contributed by atoms with Gasteiger partial charge < -0.3 is 9.26 Å². The molecule has 3 rings (SSSR count). The van der Waals surface area contributed by atoms with Gasteiger partial charge in [-0.1, -0.05) is 17.3 Å². The molecule has 1 atom stereocenters. The van der Waals surface area contributed by atoms with Gasteiger partial charge in [0.1, 0.15) is 12.4 Å². The topological polar surface area (TPSA) is 51.4 Å². The molecule has 0 radical (unpaired) electrons. The van der Waals surface area contributed by atoms with Gasteiger partial charge in [-0.2, -0.15) is 4.98 Å². The van der Waals surface area contributed by atoms with Crippen LogP contribution in [-0.4, -0.2) is 47.3 Å². The number of halogens is 3. The number of alkyl halides is 2. The van der Waals surface area contributed by atoms with Crippen molar-refractivity contribution in [2.45, 2.75) is 32.4 Å². The lowest BCUT2D eigenvalue weighted by Gasteiger charge is -2.41. The molecule has 1 saturated heterocycles. The first-order valence-corrected chi connectivity index (χ1v) is 7.68. The Hall–Kier alpha value is -1.93. The molecule has 0 N–H and O–H groups in total. The van der Waals surface area contributed by atoms with E-state index in [0.717, 1.165) is 0 Å². The highest BCUT2D eigenvalue weighted by Gasteiger charge is 2.34. The van der Waals surface area contributed by atoms with E-state index in [-0.39, 0.29) is 18.0 Å². The zero-order chi connectivity index (χ0) is 17.3. The standard InChI is InChI=1S/C16H18F3N3O2/c1-9-3-4-11(5-13(9)17)15-20-16(24-21-15)10(2)22-6-12(7-22)23-8-14(18)19/h3-5,10,12,14H,6-8H2,1-2H3. The van der Waals surface area contributed by atoms with E-state index >= 15 is 0 Å². The first-order chi connectivity index (χ1) is 11.4. The summed E-state index contributed by atoms with van der Waals surface area (Å²) in [5.41, 5.74) is 1.09. The van der Waals surface area contributed by atoms with Gasteiger partial charge in [0.2, 0.25) is 11.7 Å². The summed E-state index contributed by atoms with van der Waals surface area (Å²) in [5.74, 6) is 0.397. The molecule has 1 aliphatic rings. The Kier molecular flexibility index (Phi) is 4.86. The van der Waals surface area contributed by atoms with Crippen LogP contribution < -0.4 is 0 Å². The molecular weight excluding hydrogens is 323 g/mol. The number of hydrogen-bond donors (Lipinski definition) is 0. The van der Waals surface area contributed by atoms with Gasteiger partial charge >= 0.3 is 0 Å². The van der Waals surface area contributed by atoms with E-state index in [2.05, 4.69) is 10.1 Å². The highest BCUT2D eigenvalue weighted by Crippen LogP contribution is 2.27. The van der Waals surface area contributed by atoms with Gasteiger partial charge in [-0.25, -0.2) is 13.2 Å². The molecule has 5 nitrogen and oxygen atoms in total. The fourth-order valence-corrected chi connectivity index (χ4v) is 2.51. The molecule has 1 fully saturated rings. The fraction of sp³-hybridized carbons (Fsp3) is 0.500. The predicted molar refractivity (Wildman–Crippen MR) is 80.2 cm³/mol. The molecule has 1 aliphatic heterocycles. The van der Waals surface area contributed by atoms with Crippen LogP contribution in [0.15, 0.2) is 22.7 Å². The Morgan fingerprint density at radius 3 is 2.79 bits per heavy atom. The quantitative estimate of drug-likeness (QED) is 0.807. The summed E-state index contributed by atoms with van der Waals surface area (Å²) in [6.45, 7) is 4.09. The Bertz CT molecular complexity index is 702. The van der Waals surface area contributed by atoms with Crippen LogP contribution in [0.3, 0.4) is 0 Å². The lowest BCUT2D eigenvalue weighted by atomic mass is 10.1. The van der Waals surface area contributed by atoms with Crippen molar-refractivity contribution in [2.75, 3.05) is 19.7 Å². The van der Waals surface area contributed by atoms with E-state index in [1.807, 2.05) is 11.8 Å². The molecule has 0 spiro atoms. The van der Waals surface area contributed by atoms with Crippen molar-refractivity contribution in [3.63, 3.8) is 0 Å². The van der Waals surface area contributed by atoms with E-state index in [0.29, 0.717) is 35.9 Å². The maximum absolute atomic E-state index is 13.6. The second kappa shape index (κ2) is 6.90. The van der Waals surface area contributed by atoms with Crippen LogP contribution in [0, 0.1) is 12.7 Å². The number of hydrogen-bond acceptors (Lipinski definition) is 5. The third-order valence-corrected chi connectivity index (χ3v) is 4.11. The smallest absolute Gasteiger partial charge is 0.261 e. The van der Waals surface area contributed by atoms with Crippen LogP contribution in [0.5, 0.6) is 0 Å². The number of aromatic nitrogens is 2. The minimum atomic E-state index is -2.45. The van der Waals surface area contributed by atoms with Gasteiger partial charge in [-0.15, -0.1) is 0 Å². The maximum atomic E-state index is 13.6. The van der Waals surface area contributed by atoms with Crippen molar-refractivity contribution in [3.8, 4) is 11.4 Å². The van der Waals surface area contributed by atoms with Gasteiger partial charge in [0, 0.05) is 18.7 Å². The lowest BCUT2D eigenvalue weighted by molar-refractivity contribution is -0.101. The SMILES string of the molecule is Cc1ccc(-c2noc(C(C)N3CC(OCC(F)F)C3)n2)cc1F. The van der Waals surface area contributed by atoms with Crippen LogP contribution in [0.4, 0.5) is 13.2 Å². The zero-order valence-corrected chi connectivity index (χ0v) is 13.4. The normalized spacial score (nSPS) is 17.2. The van der Waals surface area contributed by atoms with Gasteiger partial charge in [0.05, 0.1) is 12.1 Å². The predicted octanol–water partition coefficient (Wildman–Crippen LogP) is 3.21. The molecule has 2 aromatic rings. The molecular formula is C16H18F3N3O2. The van der Waals surface area contributed by atoms with E-state index in [9.17, 15) is 13.2 Å². The highest BCUT2D eigenvalue weighted by molar-refractivity contribution is 5.54. The second-order valence-corrected chi connectivity index (χ2v) is 5.90. The van der Waals surface area contributed by atoms with Crippen LogP contribution in [-0.2, 0) is 4.74 Å². The van der Waals surface area contributed by atoms with Gasteiger partial charge in [0.25, 0.3) is 6.43 Å². The van der Waals surface area contributed by atoms with E-state index in [1.54, 1.807) is 19.1 Å². The van der Waals surface area contributed by atoms with Crippen molar-refractivity contribution in [1.29, 1.82) is 0 Å². The molecule has 0 amide bonds. The van der Waals surface area contributed by atoms with E-state index in [4.69, 9.17) is 9.26 Å². The van der Waals surface area contributed by atoms with Gasteiger partial charge in [-0.05, 0) is 25.5 Å². The molecule has 24 heavy (non-hydrogen) atoms. The highest BCUT2D eigenvalue weighted by atomic mass is 19.3. The minimum Gasteiger partial charge on any atom is -0.370 e. The Morgan fingerprint density at radius 1 is 1.38 bits per heavy atom. The molecule has 1 aromatic carbocycles. The van der Waals surface area contributed by atoms with Crippen LogP contribution in [0.25, 0.3) is 11.4 Å². The first-order valence-electron chi connectivity index (χ1n) is 7.68. The molecule has 0 aliphatic carbocycles. The summed E-state index contributed by atoms with van der Waals surface area (Å²) in [6, 6.07) is 4.60. The third-order valence-electron chi connectivity index (χ3n) is 4.11. The maximum Gasteiger partial charge on any atom is 0.261 e. The number of rotatable bonds is 6. The van der Waals surface area contributed by atoms with Crippen molar-refractivity contribution < 1.29 is 22.4 Å². The largest absolute Gasteiger partial charge is 0.370 e. The van der Waals surface area contributed by atoms with E-state index < -0.39 is 13.0 Å². The number of aryl methyl sites for hydroxylation is 1. The third kappa shape index (κ3) is 3.59. The number of nitrogens with zero attached hydrogens (tertiary/aromatic N) is 3. The molecule has 8 heteroatoms. The van der Waals surface area contributed by atoms with E-state index in [1.165, 1.54) is 6.07 Å². The van der Waals surface area contributed by atoms with Crippen LogP contribution in [0.2, 0.25) is 0 Å². The molecule has 1 aromatic heterocycles. The average Bonchev–Trinajstić information content (AvgIpc) is 2.97. The number of likely N-dealkylation sites (tertiary alicyclic amines) is 1. The summed E-state index contributed by atoms with van der Waals surface area (Å²) in [6.07, 6.45) is -2.65. The van der Waals surface area contributed by atoms with Gasteiger partial charge in [0.15, 0.2) is 0 Å². The summed E-state index contributed by atoms with van der Waals surface area (Å²) in [4.78, 5) is 6.30. The molecule has 130 valence electrons. The monoisotopic (exact) mass is 341 g/mol. The molecule has 0 saturated carbocycles. The van der Waals surface area contributed by atoms with Gasteiger partial charge in [-0.3, -0.25) is 4.90 Å². The summed E-state index contributed by atoms with van der Waals surface area (Å²) >= 11 is 0. The summed E-state index contributed by atoms with van der Waals surface area (Å²) < 4.78 is 48.1. The van der Waals surface area contributed by atoms with Crippen molar-refractivity contribution in [1.82, 2.24) is 15.0 Å². The fourth-order valence-electron chi connectivity index (χ4n) is 2.51. The van der Waals surface area contributed by atoms with Crippen molar-refractivity contribution in [2.24, 2.45) is 0 Å². The molecule has 1 unspecified atom stereocenters. The number of ether oxygens (including phenoxy) is 1. The lowest BCUT2D eigenvalue weighted by Crippen LogP contribution is -2.53. The minimum absolute atomic E-state index is 0.159. The van der Waals surface area contributed by atoms with Crippen molar-refractivity contribution >= 4 is 0 Å². The Morgan fingerprint density at radius 2 is 2.12 bits per heavy atom. The zero-order valence-electron chi connectivity index (χ0n) is 13.4. The molecule has 2 heterocycles. The van der Waals surface area contributed by atoms with Crippen LogP contribution in [0.1, 0.15) is 24.4 Å². The first kappa shape index (κ1) is 16.9. The summed E-state index contributed by atoms with van der Waals surface area (Å²) in [5, 5.41) is 3.89. The Balaban J connectivity index is 1.60. The Labute approximate surface area is 137 Å². The summed E-state index contributed by atoms with van der Waals surface area (Å²) in [7, 11) is 0. The van der Waals surface area contributed by atoms with Crippen molar-refractivity contribution in [3.05, 3.63) is 35.5 Å². The average molecular weight is 341 g/mol.